The van der Waals surface area contributed by atoms with Gasteiger partial charge in [0, 0.05) is 39.5 Å². The fraction of sp³-hybridized carbons (Fsp3) is 0.524. The highest BCUT2D eigenvalue weighted by molar-refractivity contribution is 5.90. The highest BCUT2D eigenvalue weighted by atomic mass is 16.7. The van der Waals surface area contributed by atoms with Crippen molar-refractivity contribution in [2.45, 2.75) is 115 Å². The maximum Gasteiger partial charge on any atom is 0.338 e. The molecule has 2 aliphatic carbocycles. The van der Waals surface area contributed by atoms with Gasteiger partial charge in [-0.25, -0.2) is 9.59 Å². The molecule has 1 spiro atoms. The molecule has 56 heavy (non-hydrogen) atoms. The molecule has 2 saturated carbocycles. The molecule has 1 N–H and O–H groups in total. The minimum Gasteiger partial charge on any atom is -0.459 e. The molecule has 2 aromatic carbocycles. The van der Waals surface area contributed by atoms with Gasteiger partial charge in [-0.3, -0.25) is 19.2 Å². The molecule has 13 atom stereocenters. The van der Waals surface area contributed by atoms with Gasteiger partial charge in [0.15, 0.2) is 23.9 Å². The lowest BCUT2D eigenvalue weighted by atomic mass is 9.52. The number of esters is 6. The van der Waals surface area contributed by atoms with Gasteiger partial charge in [0.2, 0.25) is 5.60 Å². The van der Waals surface area contributed by atoms with Gasteiger partial charge in [0.1, 0.15) is 17.8 Å². The Morgan fingerprint density at radius 1 is 0.679 bits per heavy atom. The molecule has 2 saturated heterocycles. The van der Waals surface area contributed by atoms with Gasteiger partial charge in [-0.15, -0.1) is 0 Å². The minimum atomic E-state index is -2.25. The predicted molar refractivity (Wildman–Crippen MR) is 194 cm³/mol. The summed E-state index contributed by atoms with van der Waals surface area (Å²) in [6.45, 7) is 15.1. The largest absolute Gasteiger partial charge is 0.459 e. The molecular weight excluding hydrogens is 728 g/mol. The molecular formula is C42H48O14. The third-order valence-electron chi connectivity index (χ3n) is 12.1. The molecule has 0 radical (unpaired) electrons. The lowest BCUT2D eigenvalue weighted by molar-refractivity contribution is -0.389. The van der Waals surface area contributed by atoms with Crippen molar-refractivity contribution in [3.8, 4) is 0 Å². The number of hydrogen-bond acceptors (Lipinski definition) is 14. The van der Waals surface area contributed by atoms with Gasteiger partial charge in [-0.05, 0) is 56.0 Å². The van der Waals surface area contributed by atoms with Crippen molar-refractivity contribution < 1.29 is 67.0 Å². The van der Waals surface area contributed by atoms with E-state index in [0.717, 1.165) is 20.8 Å². The number of aliphatic hydroxyl groups is 1. The van der Waals surface area contributed by atoms with Gasteiger partial charge >= 0.3 is 35.8 Å². The van der Waals surface area contributed by atoms with Crippen LogP contribution in [0, 0.1) is 23.7 Å². The van der Waals surface area contributed by atoms with Crippen LogP contribution in [0.4, 0.5) is 0 Å². The maximum atomic E-state index is 14.0. The number of rotatable bonds is 9. The molecule has 0 aromatic heterocycles. The maximum absolute atomic E-state index is 14.0. The smallest absolute Gasteiger partial charge is 0.338 e. The molecule has 13 unspecified atom stereocenters. The first-order chi connectivity index (χ1) is 26.3. The average Bonchev–Trinajstić information content (AvgIpc) is 3.36. The monoisotopic (exact) mass is 776 g/mol. The summed E-state index contributed by atoms with van der Waals surface area (Å²) >= 11 is 0. The quantitative estimate of drug-likeness (QED) is 0.216. The normalized spacial score (nSPS) is 37.8. The predicted octanol–water partition coefficient (Wildman–Crippen LogP) is 4.31. The first-order valence-electron chi connectivity index (χ1n) is 18.6. The summed E-state index contributed by atoms with van der Waals surface area (Å²) in [4.78, 5) is 80.5. The van der Waals surface area contributed by atoms with Gasteiger partial charge in [-0.1, -0.05) is 56.8 Å². The molecule has 4 fully saturated rings. The van der Waals surface area contributed by atoms with Crippen LogP contribution < -0.4 is 0 Å². The van der Waals surface area contributed by atoms with E-state index in [2.05, 4.69) is 6.58 Å². The Morgan fingerprint density at radius 2 is 1.16 bits per heavy atom. The van der Waals surface area contributed by atoms with Gasteiger partial charge < -0.3 is 38.3 Å². The summed E-state index contributed by atoms with van der Waals surface area (Å²) < 4.78 is 44.0. The molecule has 2 aliphatic heterocycles. The summed E-state index contributed by atoms with van der Waals surface area (Å²) in [5, 5.41) is 13.9. The van der Waals surface area contributed by atoms with Crippen LogP contribution in [0.25, 0.3) is 0 Å². The summed E-state index contributed by atoms with van der Waals surface area (Å²) in [5.74, 6) is -9.43. The molecule has 4 aliphatic rings. The molecule has 2 aromatic rings. The molecule has 0 amide bonds. The number of carbonyl (C=O) groups is 6. The lowest BCUT2D eigenvalue weighted by Crippen LogP contribution is -2.80. The zero-order chi connectivity index (χ0) is 41.1. The minimum absolute atomic E-state index is 0.0668. The fourth-order valence-corrected chi connectivity index (χ4v) is 10.2. The van der Waals surface area contributed by atoms with Crippen molar-refractivity contribution in [3.05, 3.63) is 83.9 Å². The highest BCUT2D eigenvalue weighted by Gasteiger charge is 2.89. The Morgan fingerprint density at radius 3 is 1.64 bits per heavy atom. The summed E-state index contributed by atoms with van der Waals surface area (Å²) in [6.07, 6.45) is -7.44. The van der Waals surface area contributed by atoms with Crippen LogP contribution in [-0.2, 0) is 52.3 Å². The van der Waals surface area contributed by atoms with Crippen LogP contribution in [0.1, 0.15) is 82.5 Å². The third kappa shape index (κ3) is 6.08. The summed E-state index contributed by atoms with van der Waals surface area (Å²) in [6, 6.07) is 16.1. The van der Waals surface area contributed by atoms with Crippen LogP contribution in [0.5, 0.6) is 0 Å². The van der Waals surface area contributed by atoms with Crippen molar-refractivity contribution in [2.75, 3.05) is 0 Å². The number of hydrogen-bond donors (Lipinski definition) is 1. The Labute approximate surface area is 324 Å². The Hall–Kier alpha value is -5.08. The second-order valence-corrected chi connectivity index (χ2v) is 15.7. The van der Waals surface area contributed by atoms with Gasteiger partial charge in [0.05, 0.1) is 22.6 Å². The van der Waals surface area contributed by atoms with E-state index in [0.29, 0.717) is 0 Å². The first kappa shape index (κ1) is 40.6. The molecule has 6 rings (SSSR count). The van der Waals surface area contributed by atoms with E-state index in [1.807, 2.05) is 0 Å². The first-order valence-corrected chi connectivity index (χ1v) is 18.6. The van der Waals surface area contributed by atoms with E-state index in [4.69, 9.17) is 33.2 Å². The van der Waals surface area contributed by atoms with Crippen LogP contribution in [0.3, 0.4) is 0 Å². The third-order valence-corrected chi connectivity index (χ3v) is 12.1. The number of ether oxygens (including phenoxy) is 7. The SMILES string of the molecule is C=C(C)C1(OC(C)=O)C(OC(=O)c2ccccc2)C(C)C2(O)C(C(OC(C)=O)C3(C)OC4(C(OC(C)=O)C(C)CC24)C3OC(=O)c2ccccc2)C1OC(C)=O. The van der Waals surface area contributed by atoms with E-state index in [1.54, 1.807) is 62.4 Å². The van der Waals surface area contributed by atoms with E-state index in [1.165, 1.54) is 32.9 Å². The van der Waals surface area contributed by atoms with Crippen molar-refractivity contribution in [2.24, 2.45) is 23.7 Å². The van der Waals surface area contributed by atoms with Crippen molar-refractivity contribution in [1.29, 1.82) is 0 Å². The van der Waals surface area contributed by atoms with Crippen molar-refractivity contribution in [3.63, 3.8) is 0 Å². The van der Waals surface area contributed by atoms with E-state index >= 15 is 0 Å². The van der Waals surface area contributed by atoms with E-state index in [-0.39, 0.29) is 23.1 Å². The Bertz CT molecular complexity index is 1930. The second-order valence-electron chi connectivity index (χ2n) is 15.7. The molecule has 14 nitrogen and oxygen atoms in total. The molecule has 300 valence electrons. The molecule has 2 bridgehead atoms. The van der Waals surface area contributed by atoms with Crippen molar-refractivity contribution in [1.82, 2.24) is 0 Å². The number of carbonyl (C=O) groups excluding carboxylic acids is 6. The van der Waals surface area contributed by atoms with Crippen LogP contribution >= 0.6 is 0 Å². The Kier molecular flexibility index (Phi) is 10.5. The van der Waals surface area contributed by atoms with E-state index < -0.39 is 112 Å². The number of benzene rings is 2. The lowest BCUT2D eigenvalue weighted by Gasteiger charge is -2.62. The van der Waals surface area contributed by atoms with Gasteiger partial charge in [0.25, 0.3) is 0 Å². The molecule has 14 heteroatoms. The number of fused-ring (bicyclic) bond motifs is 3. The topological polar surface area (TPSA) is 187 Å². The van der Waals surface area contributed by atoms with Crippen LogP contribution in [0.15, 0.2) is 72.8 Å². The second kappa shape index (κ2) is 14.5. The zero-order valence-electron chi connectivity index (χ0n) is 32.6. The van der Waals surface area contributed by atoms with Crippen molar-refractivity contribution >= 4 is 35.8 Å². The standard InChI is InChI=1S/C42H48O14/c1-21(2)41(55-27(8)46)33(53-36(47)28-16-12-10-13-17-28)23(4)40(49)30-20-22(3)32(50-24(5)43)42(30)38(54-37(48)29-18-14-11-15-19-29)39(9,56-42)34(51-25(6)44)31(40)35(41)52-26(7)45/h10-19,22-23,30-35,38,49H,1,20H2,2-9H3. The Balaban J connectivity index is 1.67. The summed E-state index contributed by atoms with van der Waals surface area (Å²) in [5.41, 5.74) is -7.70. The van der Waals surface area contributed by atoms with Crippen LogP contribution in [0.2, 0.25) is 0 Å². The van der Waals surface area contributed by atoms with Gasteiger partial charge in [-0.2, -0.15) is 0 Å². The molecule has 2 heterocycles. The van der Waals surface area contributed by atoms with Crippen LogP contribution in [-0.4, -0.2) is 93.8 Å². The zero-order valence-corrected chi connectivity index (χ0v) is 32.6. The van der Waals surface area contributed by atoms with E-state index in [9.17, 15) is 33.9 Å². The summed E-state index contributed by atoms with van der Waals surface area (Å²) in [7, 11) is 0. The average molecular weight is 777 g/mol. The highest BCUT2D eigenvalue weighted by Crippen LogP contribution is 2.71. The fourth-order valence-electron chi connectivity index (χ4n) is 10.2.